The van der Waals surface area contributed by atoms with Gasteiger partial charge in [-0.15, -0.1) is 6.42 Å². The van der Waals surface area contributed by atoms with Crippen molar-refractivity contribution in [2.75, 3.05) is 13.1 Å². The molecule has 1 spiro atoms. The number of Topliss-reactive ketones (excluding diaryl/α,β-unsaturated/α-hetero) is 1. The Bertz CT molecular complexity index is 811. The molecule has 5 rings (SSSR count). The van der Waals surface area contributed by atoms with Crippen LogP contribution in [0.3, 0.4) is 0 Å². The van der Waals surface area contributed by atoms with Crippen LogP contribution in [0.5, 0.6) is 0 Å². The molecule has 1 aromatic rings. The molecule has 0 unspecified atom stereocenters. The first-order valence-corrected chi connectivity index (χ1v) is 9.68. The largest absolute Gasteiger partial charge is 0.369 e. The lowest BCUT2D eigenvalue weighted by molar-refractivity contribution is -0.114. The first kappa shape index (κ1) is 15.2. The fourth-order valence-corrected chi connectivity index (χ4v) is 4.81. The highest BCUT2D eigenvalue weighted by molar-refractivity contribution is 6.09. The number of hydrogen-bond donors (Lipinski definition) is 0. The summed E-state index contributed by atoms with van der Waals surface area (Å²) in [6, 6.07) is 4.22. The Hall–Kier alpha value is -2.08. The maximum Gasteiger partial charge on any atom is 0.177 e. The Labute approximate surface area is 149 Å². The predicted octanol–water partition coefficient (Wildman–Crippen LogP) is 3.69. The first-order chi connectivity index (χ1) is 12.2. The summed E-state index contributed by atoms with van der Waals surface area (Å²) >= 11 is 0. The number of terminal acetylenes is 1. The highest BCUT2D eigenvalue weighted by Gasteiger charge is 2.41. The van der Waals surface area contributed by atoms with Gasteiger partial charge in [0.2, 0.25) is 0 Å². The minimum Gasteiger partial charge on any atom is -0.369 e. The van der Waals surface area contributed by atoms with Crippen molar-refractivity contribution in [2.45, 2.75) is 57.3 Å². The lowest BCUT2D eigenvalue weighted by Crippen LogP contribution is -2.43. The van der Waals surface area contributed by atoms with Crippen molar-refractivity contribution in [1.82, 2.24) is 9.88 Å². The quantitative estimate of drug-likeness (QED) is 0.774. The number of allylic oxidation sites excluding steroid dienone is 1. The average molecular weight is 332 g/mol. The van der Waals surface area contributed by atoms with Crippen molar-refractivity contribution in [1.29, 1.82) is 0 Å². The zero-order valence-corrected chi connectivity index (χ0v) is 14.7. The van der Waals surface area contributed by atoms with Gasteiger partial charge in [-0.25, -0.2) is 0 Å². The van der Waals surface area contributed by atoms with Gasteiger partial charge in [0.25, 0.3) is 0 Å². The Kier molecular flexibility index (Phi) is 3.32. The molecule has 1 saturated heterocycles. The first-order valence-electron chi connectivity index (χ1n) is 9.68. The summed E-state index contributed by atoms with van der Waals surface area (Å²) in [4.78, 5) is 20.0. The highest BCUT2D eigenvalue weighted by atomic mass is 16.1. The Balaban J connectivity index is 1.54. The number of likely N-dealkylation sites (tertiary alicyclic amines) is 1. The Morgan fingerprint density at radius 2 is 1.92 bits per heavy atom. The number of aromatic nitrogens is 1. The molecule has 0 N–H and O–H groups in total. The van der Waals surface area contributed by atoms with E-state index in [1.807, 2.05) is 0 Å². The van der Waals surface area contributed by atoms with Gasteiger partial charge in [-0.05, 0) is 55.6 Å². The van der Waals surface area contributed by atoms with Gasteiger partial charge >= 0.3 is 0 Å². The standard InChI is InChI=1S/C22H24N2O/c1-2-17-19(25)14-16-6-7-18(15-4-5-15)23-20(16)21(17)24-12-10-22(11-13-24)8-3-9-22/h1,6-7,15H,3-5,8-14H2. The van der Waals surface area contributed by atoms with Gasteiger partial charge < -0.3 is 4.90 Å². The Morgan fingerprint density at radius 1 is 1.16 bits per heavy atom. The van der Waals surface area contributed by atoms with Gasteiger partial charge in [0, 0.05) is 31.1 Å². The van der Waals surface area contributed by atoms with Crippen molar-refractivity contribution >= 4 is 11.5 Å². The van der Waals surface area contributed by atoms with Crippen LogP contribution in [-0.4, -0.2) is 28.8 Å². The summed E-state index contributed by atoms with van der Waals surface area (Å²) in [6.45, 7) is 2.01. The number of carbonyl (C=O) groups is 1. The van der Waals surface area contributed by atoms with E-state index in [1.165, 1.54) is 50.6 Å². The fraction of sp³-hybridized carbons (Fsp3) is 0.545. The van der Waals surface area contributed by atoms with Crippen LogP contribution in [0.4, 0.5) is 0 Å². The average Bonchev–Trinajstić information content (AvgIpc) is 3.44. The van der Waals surface area contributed by atoms with Gasteiger partial charge in [-0.2, -0.15) is 0 Å². The number of ketones is 1. The van der Waals surface area contributed by atoms with Crippen molar-refractivity contribution in [2.24, 2.45) is 5.41 Å². The zero-order chi connectivity index (χ0) is 17.0. The van der Waals surface area contributed by atoms with Crippen LogP contribution in [-0.2, 0) is 11.2 Å². The van der Waals surface area contributed by atoms with Crippen LogP contribution in [0.15, 0.2) is 17.7 Å². The SMILES string of the molecule is C#CC1=C(N2CCC3(CCC3)CC2)c2nc(C3CC3)ccc2CC1=O. The Morgan fingerprint density at radius 3 is 2.52 bits per heavy atom. The molecular weight excluding hydrogens is 308 g/mol. The summed E-state index contributed by atoms with van der Waals surface area (Å²) in [7, 11) is 0. The van der Waals surface area contributed by atoms with Gasteiger partial charge in [0.05, 0.1) is 17.0 Å². The third kappa shape index (κ3) is 2.42. The molecule has 3 aliphatic carbocycles. The van der Waals surface area contributed by atoms with Crippen molar-refractivity contribution in [3.63, 3.8) is 0 Å². The van der Waals surface area contributed by atoms with Crippen LogP contribution in [0.25, 0.3) is 5.70 Å². The molecule has 3 nitrogen and oxygen atoms in total. The second-order valence-corrected chi connectivity index (χ2v) is 8.33. The number of pyridine rings is 1. The van der Waals surface area contributed by atoms with E-state index in [0.29, 0.717) is 23.3 Å². The predicted molar refractivity (Wildman–Crippen MR) is 97.8 cm³/mol. The minimum absolute atomic E-state index is 0.0786. The fourth-order valence-electron chi connectivity index (χ4n) is 4.81. The van der Waals surface area contributed by atoms with Gasteiger partial charge in [0.15, 0.2) is 5.78 Å². The third-order valence-corrected chi connectivity index (χ3v) is 6.79. The number of hydrogen-bond acceptors (Lipinski definition) is 3. The van der Waals surface area contributed by atoms with E-state index in [9.17, 15) is 4.79 Å². The number of carbonyl (C=O) groups excluding carboxylic acids is 1. The van der Waals surface area contributed by atoms with E-state index in [4.69, 9.17) is 11.4 Å². The molecule has 1 aliphatic heterocycles. The summed E-state index contributed by atoms with van der Waals surface area (Å²) in [5, 5.41) is 0. The molecule has 0 atom stereocenters. The van der Waals surface area contributed by atoms with Crippen LogP contribution in [0.1, 0.15) is 67.8 Å². The maximum atomic E-state index is 12.6. The van der Waals surface area contributed by atoms with Crippen molar-refractivity contribution in [3.05, 3.63) is 34.7 Å². The molecule has 0 amide bonds. The molecule has 2 saturated carbocycles. The molecule has 0 radical (unpaired) electrons. The maximum absolute atomic E-state index is 12.6. The number of piperidine rings is 1. The van der Waals surface area contributed by atoms with Crippen LogP contribution in [0, 0.1) is 17.8 Å². The van der Waals surface area contributed by atoms with E-state index in [1.54, 1.807) is 0 Å². The lowest BCUT2D eigenvalue weighted by atomic mass is 9.63. The molecule has 3 heteroatoms. The van der Waals surface area contributed by atoms with Crippen LogP contribution < -0.4 is 0 Å². The van der Waals surface area contributed by atoms with E-state index in [0.717, 1.165) is 30.0 Å². The van der Waals surface area contributed by atoms with Crippen LogP contribution in [0.2, 0.25) is 0 Å². The zero-order valence-electron chi connectivity index (χ0n) is 14.7. The smallest absolute Gasteiger partial charge is 0.177 e. The second-order valence-electron chi connectivity index (χ2n) is 8.33. The van der Waals surface area contributed by atoms with E-state index in [2.05, 4.69) is 23.0 Å². The summed E-state index contributed by atoms with van der Waals surface area (Å²) in [5.74, 6) is 3.39. The normalized spacial score (nSPS) is 24.8. The molecule has 1 aromatic heterocycles. The monoisotopic (exact) mass is 332 g/mol. The molecule has 25 heavy (non-hydrogen) atoms. The third-order valence-electron chi connectivity index (χ3n) is 6.79. The molecular formula is C22H24N2O. The van der Waals surface area contributed by atoms with Gasteiger partial charge in [0.1, 0.15) is 0 Å². The summed E-state index contributed by atoms with van der Waals surface area (Å²) in [5.41, 5.74) is 5.30. The highest BCUT2D eigenvalue weighted by Crippen LogP contribution is 2.50. The van der Waals surface area contributed by atoms with Gasteiger partial charge in [-0.1, -0.05) is 18.4 Å². The second kappa shape index (κ2) is 5.46. The number of nitrogens with zero attached hydrogens (tertiary/aromatic N) is 2. The molecule has 0 aromatic carbocycles. The molecule has 0 bridgehead atoms. The summed E-state index contributed by atoms with van der Waals surface area (Å²) < 4.78 is 0. The number of fused-ring (bicyclic) bond motifs is 1. The topological polar surface area (TPSA) is 33.2 Å². The van der Waals surface area contributed by atoms with Gasteiger partial charge in [-0.3, -0.25) is 9.78 Å². The molecule has 4 aliphatic rings. The molecule has 128 valence electrons. The number of rotatable bonds is 2. The van der Waals surface area contributed by atoms with Crippen molar-refractivity contribution < 1.29 is 4.79 Å². The van der Waals surface area contributed by atoms with Crippen molar-refractivity contribution in [3.8, 4) is 12.3 Å². The molecule has 3 fully saturated rings. The molecule has 2 heterocycles. The van der Waals surface area contributed by atoms with Crippen LogP contribution >= 0.6 is 0 Å². The minimum atomic E-state index is 0.0786. The van der Waals surface area contributed by atoms with E-state index >= 15 is 0 Å². The summed E-state index contributed by atoms with van der Waals surface area (Å²) in [6.07, 6.45) is 15.2. The van der Waals surface area contributed by atoms with E-state index < -0.39 is 0 Å². The lowest BCUT2D eigenvalue weighted by Gasteiger charge is -2.49. The van der Waals surface area contributed by atoms with E-state index in [-0.39, 0.29) is 5.78 Å².